The van der Waals surface area contributed by atoms with Gasteiger partial charge in [0.15, 0.2) is 0 Å². The van der Waals surface area contributed by atoms with Gasteiger partial charge in [-0.2, -0.15) is 0 Å². The molecule has 0 aliphatic rings. The number of nitrogens with zero attached hydrogens (tertiary/aromatic N) is 1. The molecule has 0 aliphatic heterocycles. The third-order valence-electron chi connectivity index (χ3n) is 1.50. The Hall–Kier alpha value is -0.210. The second-order valence-electron chi connectivity index (χ2n) is 4.14. The van der Waals surface area contributed by atoms with E-state index in [0.717, 1.165) is 11.0 Å². The molecule has 86 valence electrons. The molecule has 0 saturated heterocycles. The molecule has 0 radical (unpaired) electrons. The fourth-order valence-corrected chi connectivity index (χ4v) is 1.13. The maximum atomic E-state index is 8.68. The van der Waals surface area contributed by atoms with Gasteiger partial charge in [0, 0.05) is 5.56 Å². The molecule has 0 aromatic heterocycles. The summed E-state index contributed by atoms with van der Waals surface area (Å²) in [5.74, 6) is 0. The van der Waals surface area contributed by atoms with Crippen LogP contribution in [0.2, 0.25) is 0 Å². The molecule has 1 aromatic rings. The lowest BCUT2D eigenvalue weighted by Gasteiger charge is -2.23. The Morgan fingerprint density at radius 1 is 1.13 bits per heavy atom. The molecule has 0 aliphatic carbocycles. The minimum absolute atomic E-state index is 0.990. The van der Waals surface area contributed by atoms with Gasteiger partial charge in [0.25, 0.3) is 0 Å². The lowest BCUT2D eigenvalue weighted by molar-refractivity contribution is -1.63. The van der Waals surface area contributed by atoms with Gasteiger partial charge in [-0.3, -0.25) is 0 Å². The summed E-state index contributed by atoms with van der Waals surface area (Å²) in [4.78, 5) is 0. The molecule has 0 spiro atoms. The van der Waals surface area contributed by atoms with Gasteiger partial charge < -0.3 is 11.4 Å². The summed E-state index contributed by atoms with van der Waals surface area (Å²) in [7, 11) is 6.60. The number of halogens is 1. The molecule has 0 amide bonds. The van der Waals surface area contributed by atoms with Gasteiger partial charge in [0.05, 0.1) is 21.1 Å². The van der Waals surface area contributed by atoms with Crippen molar-refractivity contribution < 1.29 is 35.9 Å². The summed E-state index contributed by atoms with van der Waals surface area (Å²) in [5, 5.41) is 0. The first-order valence-corrected chi connectivity index (χ1v) is 7.13. The smallest absolute Gasteiger partial charge is 0.396 e. The van der Waals surface area contributed by atoms with Crippen molar-refractivity contribution in [1.29, 1.82) is 0 Å². The normalized spacial score (nSPS) is 10.9. The van der Waals surface area contributed by atoms with E-state index in [0.29, 0.717) is 0 Å². The van der Waals surface area contributed by atoms with Crippen molar-refractivity contribution >= 4 is 0 Å². The Bertz CT molecular complexity index is 256. The highest BCUT2D eigenvalue weighted by molar-refractivity contribution is 5.13. The second-order valence-corrected chi connectivity index (χ2v) is 5.28. The average molecular weight is 326 g/mol. The summed E-state index contributed by atoms with van der Waals surface area (Å²) in [6.45, 7) is 1.10. The first-order valence-electron chi connectivity index (χ1n) is 4.40. The number of rotatable bonds is 2. The maximum Gasteiger partial charge on any atom is 0.503 e. The van der Waals surface area contributed by atoms with Crippen LogP contribution in [0.3, 0.4) is 0 Å². The molecule has 5 heteroatoms. The number of benzene rings is 1. The molecule has 0 atom stereocenters. The van der Waals surface area contributed by atoms with Gasteiger partial charge in [-0.1, -0.05) is 30.3 Å². The van der Waals surface area contributed by atoms with E-state index >= 15 is 0 Å². The van der Waals surface area contributed by atoms with Gasteiger partial charge in [-0.15, -0.1) is 0 Å². The standard InChI is InChI=1S/C10H16N.HIO3/c1-11(2,3)9-10-7-5-4-6-8-10;2-1(3)4/h4-8H,9H2,1-3H3;2H/q+1;. The predicted molar refractivity (Wildman–Crippen MR) is 50.4 cm³/mol. The Labute approximate surface area is 99.4 Å². The zero-order valence-corrected chi connectivity index (χ0v) is 11.3. The topological polar surface area (TPSA) is 66.3 Å². The summed E-state index contributed by atoms with van der Waals surface area (Å²) >= 11 is -3.76. The minimum atomic E-state index is -3.76. The molecule has 4 nitrogen and oxygen atoms in total. The average Bonchev–Trinajstić information content (AvgIpc) is 2.01. The van der Waals surface area contributed by atoms with E-state index in [1.165, 1.54) is 5.56 Å². The molecule has 15 heavy (non-hydrogen) atoms. The first kappa shape index (κ1) is 14.8. The van der Waals surface area contributed by atoms with Gasteiger partial charge in [-0.25, -0.2) is 0 Å². The summed E-state index contributed by atoms with van der Waals surface area (Å²) < 4.78 is 25.5. The molecule has 1 rings (SSSR count). The highest BCUT2D eigenvalue weighted by Crippen LogP contribution is 2.04. The van der Waals surface area contributed by atoms with Crippen LogP contribution in [0.1, 0.15) is 5.56 Å². The molecule has 0 heterocycles. The first-order chi connectivity index (χ1) is 6.81. The second kappa shape index (κ2) is 7.13. The predicted octanol–water partition coefficient (Wildman–Crippen LogP) is -4.04. The molecule has 0 unspecified atom stereocenters. The van der Waals surface area contributed by atoms with Crippen LogP contribution >= 0.6 is 0 Å². The van der Waals surface area contributed by atoms with Gasteiger partial charge >= 0.3 is 21.1 Å². The molecule has 0 saturated carbocycles. The van der Waals surface area contributed by atoms with E-state index in [4.69, 9.17) is 10.3 Å². The van der Waals surface area contributed by atoms with Crippen LogP contribution in [0.15, 0.2) is 30.3 Å². The van der Waals surface area contributed by atoms with Crippen LogP contribution in [0, 0.1) is 0 Å². The van der Waals surface area contributed by atoms with Crippen LogP contribution < -0.4 is 27.9 Å². The summed E-state index contributed by atoms with van der Waals surface area (Å²) in [6, 6.07) is 10.6. The van der Waals surface area contributed by atoms with Crippen molar-refractivity contribution in [2.45, 2.75) is 6.54 Å². The quantitative estimate of drug-likeness (QED) is 0.445. The van der Waals surface area contributed by atoms with Crippen LogP contribution in [0.25, 0.3) is 0 Å². The van der Waals surface area contributed by atoms with E-state index in [1.807, 2.05) is 0 Å². The fourth-order valence-electron chi connectivity index (χ4n) is 1.13. The van der Waals surface area contributed by atoms with Crippen molar-refractivity contribution in [2.24, 2.45) is 0 Å². The lowest BCUT2D eigenvalue weighted by Crippen LogP contribution is -3.98. The Kier molecular flexibility index (Phi) is 7.03. The molecular formula is C10H17INO3+. The van der Waals surface area contributed by atoms with Crippen molar-refractivity contribution in [3.8, 4) is 0 Å². The lowest BCUT2D eigenvalue weighted by atomic mass is 10.2. The summed E-state index contributed by atoms with van der Waals surface area (Å²) in [6.07, 6.45) is 0. The molecular weight excluding hydrogens is 309 g/mol. The third-order valence-corrected chi connectivity index (χ3v) is 1.50. The molecule has 1 N–H and O–H groups in total. The zero-order valence-electron chi connectivity index (χ0n) is 9.18. The fraction of sp³-hybridized carbons (Fsp3) is 0.400. The molecule has 0 fully saturated rings. The largest absolute Gasteiger partial charge is 0.503 e. The third kappa shape index (κ3) is 11.7. The number of hydrogen-bond donors (Lipinski definition) is 1. The van der Waals surface area contributed by atoms with Crippen LogP contribution in [0.4, 0.5) is 0 Å². The highest BCUT2D eigenvalue weighted by Gasteiger charge is 2.06. The van der Waals surface area contributed by atoms with Gasteiger partial charge in [-0.05, 0) is 3.44 Å². The van der Waals surface area contributed by atoms with Crippen LogP contribution in [-0.2, 0) is 6.54 Å². The molecule has 1 aromatic carbocycles. The van der Waals surface area contributed by atoms with Crippen molar-refractivity contribution in [2.75, 3.05) is 21.1 Å². The Morgan fingerprint density at radius 2 is 1.53 bits per heavy atom. The van der Waals surface area contributed by atoms with Crippen molar-refractivity contribution in [3.63, 3.8) is 0 Å². The van der Waals surface area contributed by atoms with Crippen LogP contribution in [0.5, 0.6) is 0 Å². The number of quaternary nitrogens is 1. The van der Waals surface area contributed by atoms with Crippen molar-refractivity contribution in [1.82, 2.24) is 0 Å². The maximum absolute atomic E-state index is 8.68. The van der Waals surface area contributed by atoms with E-state index in [1.54, 1.807) is 0 Å². The van der Waals surface area contributed by atoms with E-state index in [2.05, 4.69) is 51.5 Å². The Morgan fingerprint density at radius 3 is 1.87 bits per heavy atom. The molecule has 0 bridgehead atoms. The van der Waals surface area contributed by atoms with Gasteiger partial charge in [0.1, 0.15) is 6.54 Å². The zero-order chi connectivity index (χ0) is 11.9. The van der Waals surface area contributed by atoms with E-state index in [9.17, 15) is 0 Å². The monoisotopic (exact) mass is 326 g/mol. The van der Waals surface area contributed by atoms with Crippen molar-refractivity contribution in [3.05, 3.63) is 35.9 Å². The SMILES string of the molecule is C[N+](C)(C)Cc1ccccc1.[O-][I+2]([O-])O. The number of hydrogen-bond acceptors (Lipinski definition) is 3. The van der Waals surface area contributed by atoms with Gasteiger partial charge in [0.2, 0.25) is 0 Å². The summed E-state index contributed by atoms with van der Waals surface area (Å²) in [5.41, 5.74) is 1.40. The highest BCUT2D eigenvalue weighted by atomic mass is 127. The van der Waals surface area contributed by atoms with Crippen LogP contribution in [-0.4, -0.2) is 29.1 Å². The Balaban J connectivity index is 0.000000423. The van der Waals surface area contributed by atoms with E-state index < -0.39 is 21.1 Å². The minimum Gasteiger partial charge on any atom is -0.396 e. The van der Waals surface area contributed by atoms with E-state index in [-0.39, 0.29) is 0 Å².